The number of hydrogen-bond acceptors (Lipinski definition) is 7. The average molecular weight is 387 g/mol. The molecule has 0 amide bonds. The van der Waals surface area contributed by atoms with E-state index >= 15 is 0 Å². The molecule has 2 heterocycles. The predicted molar refractivity (Wildman–Crippen MR) is 97.9 cm³/mol. The van der Waals surface area contributed by atoms with E-state index in [0.717, 1.165) is 25.7 Å². The minimum atomic E-state index is -3.39. The number of aromatic amines is 1. The van der Waals surface area contributed by atoms with Gasteiger partial charge in [-0.15, -0.1) is 0 Å². The lowest BCUT2D eigenvalue weighted by atomic mass is 10.2. The molecule has 1 atom stereocenters. The molecule has 0 saturated heterocycles. The van der Waals surface area contributed by atoms with Gasteiger partial charge in [-0.25, -0.2) is 4.98 Å². The highest BCUT2D eigenvalue weighted by molar-refractivity contribution is 7.52. The van der Waals surface area contributed by atoms with Crippen LogP contribution >= 0.6 is 7.60 Å². The molecule has 0 aliphatic rings. The molecule has 0 aromatic carbocycles. The van der Waals surface area contributed by atoms with Crippen molar-refractivity contribution in [3.05, 3.63) is 16.7 Å². The van der Waals surface area contributed by atoms with Crippen molar-refractivity contribution in [2.45, 2.75) is 45.8 Å². The van der Waals surface area contributed by atoms with Gasteiger partial charge in [-0.2, -0.15) is 4.98 Å². The van der Waals surface area contributed by atoms with E-state index < -0.39 is 7.60 Å². The Hall–Kier alpha value is -1.74. The molecule has 0 aliphatic carbocycles. The molecule has 11 heteroatoms. The first-order chi connectivity index (χ1) is 12.4. The number of nitrogens with zero attached hydrogens (tertiary/aromatic N) is 3. The van der Waals surface area contributed by atoms with Crippen LogP contribution in [0.2, 0.25) is 0 Å². The molecule has 10 nitrogen and oxygen atoms in total. The lowest BCUT2D eigenvalue weighted by Gasteiger charge is -2.10. The van der Waals surface area contributed by atoms with Crippen LogP contribution < -0.4 is 11.3 Å². The van der Waals surface area contributed by atoms with Crippen LogP contribution in [0.25, 0.3) is 11.2 Å². The third kappa shape index (κ3) is 6.21. The third-order valence-electron chi connectivity index (χ3n) is 3.78. The summed E-state index contributed by atoms with van der Waals surface area (Å²) >= 11 is 0. The quantitative estimate of drug-likeness (QED) is 0.369. The highest BCUT2D eigenvalue weighted by Gasteiger charge is 2.16. The minimum absolute atomic E-state index is 0.0426. The van der Waals surface area contributed by atoms with Crippen LogP contribution in [0.4, 0.5) is 5.95 Å². The van der Waals surface area contributed by atoms with Gasteiger partial charge in [0, 0.05) is 12.8 Å². The largest absolute Gasteiger partial charge is 0.369 e. The number of ether oxygens (including phenoxy) is 1. The molecule has 2 rings (SSSR count). The van der Waals surface area contributed by atoms with Crippen molar-refractivity contribution in [1.29, 1.82) is 0 Å². The maximum absolute atomic E-state index is 11.7. The fourth-order valence-electron chi connectivity index (χ4n) is 2.54. The topological polar surface area (TPSA) is 145 Å². The van der Waals surface area contributed by atoms with Gasteiger partial charge in [0.2, 0.25) is 5.95 Å². The monoisotopic (exact) mass is 387 g/mol. The van der Waals surface area contributed by atoms with Gasteiger partial charge in [0.25, 0.3) is 5.56 Å². The van der Waals surface area contributed by atoms with Crippen molar-refractivity contribution >= 4 is 24.7 Å². The number of unbranched alkanes of at least 4 members (excludes halogenated alkanes) is 4. The lowest BCUT2D eigenvalue weighted by molar-refractivity contribution is 0.0760. The number of fused-ring (bicyclic) bond motifs is 1. The number of hydrogen-bond donors (Lipinski definition) is 3. The summed E-state index contributed by atoms with van der Waals surface area (Å²) in [7, 11) is -3.39. The molecular formula is C15H26N5O5P. The van der Waals surface area contributed by atoms with Crippen molar-refractivity contribution in [1.82, 2.24) is 19.5 Å². The number of aromatic nitrogens is 4. The number of imidazole rings is 1. The molecule has 26 heavy (non-hydrogen) atoms. The Morgan fingerprint density at radius 3 is 2.81 bits per heavy atom. The van der Waals surface area contributed by atoms with Gasteiger partial charge in [0.15, 0.2) is 11.2 Å². The van der Waals surface area contributed by atoms with Crippen LogP contribution in [0, 0.1) is 0 Å². The maximum Gasteiger partial charge on any atom is 0.328 e. The van der Waals surface area contributed by atoms with Crippen molar-refractivity contribution in [2.24, 2.45) is 0 Å². The molecule has 0 saturated carbocycles. The van der Waals surface area contributed by atoms with Gasteiger partial charge in [-0.3, -0.25) is 18.9 Å². The Bertz CT molecular complexity index is 805. The van der Waals surface area contributed by atoms with E-state index in [2.05, 4.69) is 15.0 Å². The van der Waals surface area contributed by atoms with Crippen molar-refractivity contribution < 1.29 is 18.7 Å². The first-order valence-corrected chi connectivity index (χ1v) is 10.4. The number of rotatable bonds is 12. The summed E-state index contributed by atoms with van der Waals surface area (Å²) in [6.07, 6.45) is 6.09. The Kier molecular flexibility index (Phi) is 7.77. The van der Waals surface area contributed by atoms with Crippen LogP contribution in [0.3, 0.4) is 0 Å². The predicted octanol–water partition coefficient (Wildman–Crippen LogP) is 1.85. The van der Waals surface area contributed by atoms with Gasteiger partial charge in [-0.1, -0.05) is 19.3 Å². The van der Waals surface area contributed by atoms with Gasteiger partial charge >= 0.3 is 7.60 Å². The van der Waals surface area contributed by atoms with Crippen LogP contribution in [0.5, 0.6) is 0 Å². The van der Waals surface area contributed by atoms with Crippen LogP contribution in [0.15, 0.2) is 11.1 Å². The number of nitrogens with one attached hydrogen (secondary N) is 1. The summed E-state index contributed by atoms with van der Waals surface area (Å²) in [4.78, 5) is 31.6. The highest BCUT2D eigenvalue weighted by atomic mass is 31.2. The Morgan fingerprint density at radius 2 is 2.04 bits per heavy atom. The fraction of sp³-hybridized carbons (Fsp3) is 0.667. The summed E-state index contributed by atoms with van der Waals surface area (Å²) in [5, 5.41) is 0. The molecule has 0 radical (unpaired) electrons. The van der Waals surface area contributed by atoms with Crippen molar-refractivity contribution in [3.8, 4) is 0 Å². The second-order valence-electron chi connectivity index (χ2n) is 5.92. The maximum atomic E-state index is 11.7. The Balaban J connectivity index is 1.60. The molecule has 0 bridgehead atoms. The zero-order chi connectivity index (χ0) is 19.0. The summed E-state index contributed by atoms with van der Waals surface area (Å²) in [6, 6.07) is 0. The molecule has 0 spiro atoms. The number of anilines is 1. The molecule has 4 N–H and O–H groups in total. The normalized spacial score (nSPS) is 13.9. The van der Waals surface area contributed by atoms with Gasteiger partial charge in [-0.05, 0) is 19.8 Å². The van der Waals surface area contributed by atoms with E-state index in [4.69, 9.17) is 15.0 Å². The fourth-order valence-corrected chi connectivity index (χ4v) is 3.70. The van der Waals surface area contributed by atoms with E-state index in [1.807, 2.05) is 0 Å². The molecule has 2 aromatic rings. The SMILES string of the molecule is CCOP(=O)(O)CCCCCCCOCn1cnc2c(=O)[nH]c(N)nc21. The van der Waals surface area contributed by atoms with Crippen LogP contribution in [-0.4, -0.2) is 43.8 Å². The summed E-state index contributed by atoms with van der Waals surface area (Å²) in [6.45, 7) is 2.77. The van der Waals surface area contributed by atoms with Gasteiger partial charge < -0.3 is 19.9 Å². The van der Waals surface area contributed by atoms with E-state index in [1.165, 1.54) is 6.33 Å². The lowest BCUT2D eigenvalue weighted by Crippen LogP contribution is -2.12. The Morgan fingerprint density at radius 1 is 1.31 bits per heavy atom. The smallest absolute Gasteiger partial charge is 0.328 e. The minimum Gasteiger partial charge on any atom is -0.369 e. The molecule has 0 fully saturated rings. The molecule has 146 valence electrons. The second-order valence-corrected chi connectivity index (χ2v) is 7.90. The number of H-pyrrole nitrogens is 1. The highest BCUT2D eigenvalue weighted by Crippen LogP contribution is 2.42. The first-order valence-electron chi connectivity index (χ1n) is 8.67. The van der Waals surface area contributed by atoms with E-state index in [1.54, 1.807) is 11.5 Å². The standard InChI is InChI=1S/C15H26N5O5P/c1-2-25-26(22,23)9-7-5-3-4-6-8-24-11-20-10-17-12-13(20)18-15(16)19-14(12)21/h10H,2-9,11H2,1H3,(H,22,23)(H3,16,18,19,21). The molecular weight excluding hydrogens is 361 g/mol. The third-order valence-corrected chi connectivity index (χ3v) is 5.33. The van der Waals surface area contributed by atoms with Gasteiger partial charge in [0.05, 0.1) is 12.9 Å². The average Bonchev–Trinajstić information content (AvgIpc) is 2.96. The summed E-state index contributed by atoms with van der Waals surface area (Å²) < 4.78 is 23.5. The van der Waals surface area contributed by atoms with Crippen LogP contribution in [0.1, 0.15) is 39.0 Å². The zero-order valence-electron chi connectivity index (χ0n) is 14.9. The van der Waals surface area contributed by atoms with Gasteiger partial charge in [0.1, 0.15) is 6.73 Å². The van der Waals surface area contributed by atoms with E-state index in [0.29, 0.717) is 18.7 Å². The second kappa shape index (κ2) is 9.82. The van der Waals surface area contributed by atoms with E-state index in [-0.39, 0.29) is 36.5 Å². The summed E-state index contributed by atoms with van der Waals surface area (Å²) in [5.41, 5.74) is 5.80. The number of nitrogen functional groups attached to an aromatic ring is 1. The first kappa shape index (κ1) is 20.6. The number of nitrogens with two attached hydrogens (primary N) is 1. The molecule has 1 unspecified atom stereocenters. The van der Waals surface area contributed by atoms with Crippen molar-refractivity contribution in [2.75, 3.05) is 25.1 Å². The Labute approximate surface area is 151 Å². The summed E-state index contributed by atoms with van der Waals surface area (Å²) in [5.74, 6) is 0.0426. The molecule has 2 aromatic heterocycles. The van der Waals surface area contributed by atoms with E-state index in [9.17, 15) is 14.3 Å². The van der Waals surface area contributed by atoms with Crippen molar-refractivity contribution in [3.63, 3.8) is 0 Å². The van der Waals surface area contributed by atoms with Crippen LogP contribution in [-0.2, 0) is 20.6 Å². The zero-order valence-corrected chi connectivity index (χ0v) is 15.8. The molecule has 0 aliphatic heterocycles.